The Bertz CT molecular complexity index is 678. The smallest absolute Gasteiger partial charge is 0.414 e. The van der Waals surface area contributed by atoms with Crippen molar-refractivity contribution in [2.75, 3.05) is 18.1 Å². The number of carbonyl (C=O) groups is 1. The first kappa shape index (κ1) is 18.6. The second-order valence-corrected chi connectivity index (χ2v) is 7.86. The topological polar surface area (TPSA) is 51.7 Å². The van der Waals surface area contributed by atoms with Gasteiger partial charge in [-0.3, -0.25) is 4.90 Å². The molecule has 2 rings (SSSR count). The molecule has 6 heteroatoms. The summed E-state index contributed by atoms with van der Waals surface area (Å²) in [5, 5.41) is 0.250. The number of ether oxygens (including phenoxy) is 2. The first-order valence-electron chi connectivity index (χ1n) is 8.00. The molecule has 24 heavy (non-hydrogen) atoms. The van der Waals surface area contributed by atoms with Gasteiger partial charge in [0.1, 0.15) is 17.1 Å². The van der Waals surface area contributed by atoms with E-state index < -0.39 is 11.7 Å². The SMILES string of the molecule is C=C(OCC)c1cc2c(c(Cl)n1)N(C(=O)OC(C)(C)C)CC2(C)C. The molecule has 0 spiro atoms. The Morgan fingerprint density at radius 2 is 2.08 bits per heavy atom. The maximum atomic E-state index is 12.6. The molecule has 2 heterocycles. The third-order valence-corrected chi connectivity index (χ3v) is 3.98. The van der Waals surface area contributed by atoms with Crippen LogP contribution in [0.4, 0.5) is 10.5 Å². The standard InChI is InChI=1S/C18H25ClN2O3/c1-8-23-11(2)13-9-12-14(15(19)20-13)21(10-18(12,6)7)16(22)24-17(3,4)5/h9H,2,8,10H2,1,3-7H3. The molecule has 1 aromatic heterocycles. The highest BCUT2D eigenvalue weighted by atomic mass is 35.5. The van der Waals surface area contributed by atoms with E-state index in [0.29, 0.717) is 30.3 Å². The van der Waals surface area contributed by atoms with Gasteiger partial charge < -0.3 is 9.47 Å². The highest BCUT2D eigenvalue weighted by Gasteiger charge is 2.42. The van der Waals surface area contributed by atoms with Crippen molar-refractivity contribution in [3.63, 3.8) is 0 Å². The summed E-state index contributed by atoms with van der Waals surface area (Å²) in [5.74, 6) is 0.466. The Balaban J connectivity index is 2.46. The minimum atomic E-state index is -0.576. The number of amides is 1. The second-order valence-electron chi connectivity index (χ2n) is 7.50. The van der Waals surface area contributed by atoms with Crippen LogP contribution in [0.3, 0.4) is 0 Å². The van der Waals surface area contributed by atoms with Crippen LogP contribution in [0.25, 0.3) is 5.76 Å². The van der Waals surface area contributed by atoms with Gasteiger partial charge in [0, 0.05) is 12.0 Å². The van der Waals surface area contributed by atoms with E-state index in [9.17, 15) is 4.79 Å². The number of carbonyl (C=O) groups excluding carboxylic acids is 1. The number of aromatic nitrogens is 1. The third-order valence-electron chi connectivity index (χ3n) is 3.72. The van der Waals surface area contributed by atoms with Crippen molar-refractivity contribution in [1.82, 2.24) is 4.98 Å². The predicted molar refractivity (Wildman–Crippen MR) is 96.5 cm³/mol. The summed E-state index contributed by atoms with van der Waals surface area (Å²) in [4.78, 5) is 18.5. The van der Waals surface area contributed by atoms with E-state index in [-0.39, 0.29) is 10.6 Å². The van der Waals surface area contributed by atoms with Crippen LogP contribution in [0, 0.1) is 0 Å². The number of rotatable bonds is 3. The molecule has 132 valence electrons. The van der Waals surface area contributed by atoms with Gasteiger partial charge in [-0.05, 0) is 39.3 Å². The molecule has 0 saturated heterocycles. The van der Waals surface area contributed by atoms with Crippen molar-refractivity contribution in [2.24, 2.45) is 0 Å². The number of hydrogen-bond donors (Lipinski definition) is 0. The van der Waals surface area contributed by atoms with Crippen LogP contribution in [0.5, 0.6) is 0 Å². The Labute approximate surface area is 148 Å². The summed E-state index contributed by atoms with van der Waals surface area (Å²) in [6.07, 6.45) is -0.422. The lowest BCUT2D eigenvalue weighted by Gasteiger charge is -2.26. The number of hydrogen-bond acceptors (Lipinski definition) is 4. The normalized spacial score (nSPS) is 15.9. The van der Waals surface area contributed by atoms with Crippen molar-refractivity contribution in [3.8, 4) is 0 Å². The molecule has 0 radical (unpaired) electrons. The van der Waals surface area contributed by atoms with Crippen LogP contribution in [0.15, 0.2) is 12.6 Å². The predicted octanol–water partition coefficient (Wildman–Crippen LogP) is 4.77. The fourth-order valence-corrected chi connectivity index (χ4v) is 3.00. The highest BCUT2D eigenvalue weighted by Crippen LogP contribution is 2.45. The van der Waals surface area contributed by atoms with Gasteiger partial charge in [-0.15, -0.1) is 0 Å². The molecule has 5 nitrogen and oxygen atoms in total. The average Bonchev–Trinajstić information content (AvgIpc) is 2.70. The van der Waals surface area contributed by atoms with E-state index in [1.54, 1.807) is 4.90 Å². The van der Waals surface area contributed by atoms with Gasteiger partial charge in [0.15, 0.2) is 5.15 Å². The fourth-order valence-electron chi connectivity index (χ4n) is 2.70. The maximum Gasteiger partial charge on any atom is 0.414 e. The van der Waals surface area contributed by atoms with Crippen molar-refractivity contribution in [3.05, 3.63) is 29.1 Å². The van der Waals surface area contributed by atoms with Crippen LogP contribution in [0.2, 0.25) is 5.15 Å². The Morgan fingerprint density at radius 3 is 2.62 bits per heavy atom. The molecule has 0 aliphatic carbocycles. The molecule has 0 atom stereocenters. The first-order chi connectivity index (χ1) is 11.0. The maximum absolute atomic E-state index is 12.6. The van der Waals surface area contributed by atoms with Gasteiger partial charge in [0.05, 0.1) is 12.3 Å². The van der Waals surface area contributed by atoms with Gasteiger partial charge in [-0.2, -0.15) is 0 Å². The van der Waals surface area contributed by atoms with Crippen molar-refractivity contribution < 1.29 is 14.3 Å². The Morgan fingerprint density at radius 1 is 1.46 bits per heavy atom. The van der Waals surface area contributed by atoms with Crippen LogP contribution in [-0.4, -0.2) is 29.8 Å². The third kappa shape index (κ3) is 3.66. The number of pyridine rings is 1. The van der Waals surface area contributed by atoms with Gasteiger partial charge >= 0.3 is 6.09 Å². The molecule has 1 aromatic rings. The molecule has 0 N–H and O–H groups in total. The molecule has 0 aromatic carbocycles. The van der Waals surface area contributed by atoms with E-state index in [1.165, 1.54) is 0 Å². The largest absolute Gasteiger partial charge is 0.492 e. The zero-order valence-electron chi connectivity index (χ0n) is 15.2. The van der Waals surface area contributed by atoms with Gasteiger partial charge in [-0.25, -0.2) is 9.78 Å². The Hall–Kier alpha value is -1.75. The van der Waals surface area contributed by atoms with Crippen molar-refractivity contribution in [2.45, 2.75) is 52.6 Å². The molecule has 1 aliphatic heterocycles. The van der Waals surface area contributed by atoms with E-state index in [1.807, 2.05) is 33.8 Å². The van der Waals surface area contributed by atoms with Gasteiger partial charge in [0.25, 0.3) is 0 Å². The number of anilines is 1. The fraction of sp³-hybridized carbons (Fsp3) is 0.556. The summed E-state index contributed by atoms with van der Waals surface area (Å²) in [6.45, 7) is 16.4. The summed E-state index contributed by atoms with van der Waals surface area (Å²) in [7, 11) is 0. The molecule has 1 amide bonds. The summed E-state index contributed by atoms with van der Waals surface area (Å²) in [5.41, 5.74) is 1.26. The number of fused-ring (bicyclic) bond motifs is 1. The van der Waals surface area contributed by atoms with E-state index in [0.717, 1.165) is 5.56 Å². The van der Waals surface area contributed by atoms with Crippen LogP contribution in [-0.2, 0) is 14.9 Å². The minimum absolute atomic E-state index is 0.250. The lowest BCUT2D eigenvalue weighted by Crippen LogP contribution is -2.38. The van der Waals surface area contributed by atoms with Crippen LogP contribution < -0.4 is 4.90 Å². The lowest BCUT2D eigenvalue weighted by atomic mass is 9.87. The zero-order valence-corrected chi connectivity index (χ0v) is 16.0. The molecule has 0 saturated carbocycles. The molecule has 0 fully saturated rings. The van der Waals surface area contributed by atoms with E-state index in [2.05, 4.69) is 25.4 Å². The quantitative estimate of drug-likeness (QED) is 0.580. The summed E-state index contributed by atoms with van der Waals surface area (Å²) < 4.78 is 10.9. The van der Waals surface area contributed by atoms with Gasteiger partial charge in [0.2, 0.25) is 0 Å². The van der Waals surface area contributed by atoms with Crippen LogP contribution >= 0.6 is 11.6 Å². The van der Waals surface area contributed by atoms with E-state index in [4.69, 9.17) is 21.1 Å². The van der Waals surface area contributed by atoms with Crippen LogP contribution in [0.1, 0.15) is 52.8 Å². The van der Waals surface area contributed by atoms with Crippen molar-refractivity contribution >= 4 is 29.1 Å². The number of halogens is 1. The molecule has 0 unspecified atom stereocenters. The monoisotopic (exact) mass is 352 g/mol. The molecular formula is C18H25ClN2O3. The molecular weight excluding hydrogens is 328 g/mol. The minimum Gasteiger partial charge on any atom is -0.492 e. The van der Waals surface area contributed by atoms with Crippen molar-refractivity contribution in [1.29, 1.82) is 0 Å². The zero-order chi connectivity index (χ0) is 18.3. The highest BCUT2D eigenvalue weighted by molar-refractivity contribution is 6.33. The molecule has 1 aliphatic rings. The average molecular weight is 353 g/mol. The summed E-state index contributed by atoms with van der Waals surface area (Å²) >= 11 is 6.40. The van der Waals surface area contributed by atoms with Gasteiger partial charge in [-0.1, -0.05) is 32.0 Å². The summed E-state index contributed by atoms with van der Waals surface area (Å²) in [6, 6.07) is 1.89. The lowest BCUT2D eigenvalue weighted by molar-refractivity contribution is 0.0579. The Kier molecular flexibility index (Phi) is 4.86. The first-order valence-corrected chi connectivity index (χ1v) is 8.37. The van der Waals surface area contributed by atoms with E-state index >= 15 is 0 Å². The second kappa shape index (κ2) is 6.28. The number of nitrogens with zero attached hydrogens (tertiary/aromatic N) is 2. The molecule has 0 bridgehead atoms.